The Morgan fingerprint density at radius 1 is 1.57 bits per heavy atom. The second kappa shape index (κ2) is 4.60. The first-order valence-electron chi connectivity index (χ1n) is 4.96. The van der Waals surface area contributed by atoms with Crippen molar-refractivity contribution in [2.75, 3.05) is 20.3 Å². The standard InChI is InChI=1S/C11H18O3/c1-4-11(7-14-8-11)6-5-9(2)10(12)13-3/h5H,4,6-8H2,1-3H3. The minimum Gasteiger partial charge on any atom is -0.466 e. The van der Waals surface area contributed by atoms with Crippen LogP contribution in [0, 0.1) is 5.41 Å². The summed E-state index contributed by atoms with van der Waals surface area (Å²) >= 11 is 0. The number of hydrogen-bond donors (Lipinski definition) is 0. The van der Waals surface area contributed by atoms with Crippen LogP contribution in [0.2, 0.25) is 0 Å². The highest BCUT2D eigenvalue weighted by molar-refractivity contribution is 5.87. The monoisotopic (exact) mass is 198 g/mol. The van der Waals surface area contributed by atoms with Crippen LogP contribution in [-0.2, 0) is 14.3 Å². The second-order valence-corrected chi connectivity index (χ2v) is 3.93. The van der Waals surface area contributed by atoms with Gasteiger partial charge in [-0.2, -0.15) is 0 Å². The van der Waals surface area contributed by atoms with E-state index in [1.807, 2.05) is 6.08 Å². The van der Waals surface area contributed by atoms with E-state index in [4.69, 9.17) is 4.74 Å². The summed E-state index contributed by atoms with van der Waals surface area (Å²) in [5.74, 6) is -0.239. The maximum absolute atomic E-state index is 11.1. The maximum atomic E-state index is 11.1. The molecule has 0 aromatic rings. The second-order valence-electron chi connectivity index (χ2n) is 3.93. The first kappa shape index (κ1) is 11.2. The van der Waals surface area contributed by atoms with Crippen molar-refractivity contribution in [3.63, 3.8) is 0 Å². The van der Waals surface area contributed by atoms with Crippen LogP contribution in [0.5, 0.6) is 0 Å². The largest absolute Gasteiger partial charge is 0.466 e. The summed E-state index contributed by atoms with van der Waals surface area (Å²) in [6.45, 7) is 5.57. The van der Waals surface area contributed by atoms with E-state index in [0.717, 1.165) is 26.1 Å². The van der Waals surface area contributed by atoms with Gasteiger partial charge in [0.15, 0.2) is 0 Å². The van der Waals surface area contributed by atoms with Crippen LogP contribution >= 0.6 is 0 Å². The van der Waals surface area contributed by atoms with E-state index in [-0.39, 0.29) is 11.4 Å². The van der Waals surface area contributed by atoms with Gasteiger partial charge < -0.3 is 9.47 Å². The summed E-state index contributed by atoms with van der Waals surface area (Å²) in [6, 6.07) is 0. The summed E-state index contributed by atoms with van der Waals surface area (Å²) in [5.41, 5.74) is 0.960. The van der Waals surface area contributed by atoms with Gasteiger partial charge in [-0.1, -0.05) is 13.0 Å². The fraction of sp³-hybridized carbons (Fsp3) is 0.727. The zero-order valence-corrected chi connectivity index (χ0v) is 9.13. The third-order valence-electron chi connectivity index (χ3n) is 2.92. The Morgan fingerprint density at radius 2 is 2.21 bits per heavy atom. The summed E-state index contributed by atoms with van der Waals surface area (Å²) < 4.78 is 9.83. The molecule has 0 amide bonds. The van der Waals surface area contributed by atoms with E-state index in [2.05, 4.69) is 11.7 Å². The van der Waals surface area contributed by atoms with Gasteiger partial charge in [0.2, 0.25) is 0 Å². The highest BCUT2D eigenvalue weighted by Crippen LogP contribution is 2.35. The van der Waals surface area contributed by atoms with E-state index >= 15 is 0 Å². The Morgan fingerprint density at radius 3 is 2.57 bits per heavy atom. The minimum absolute atomic E-state index is 0.239. The predicted octanol–water partition coefficient (Wildman–Crippen LogP) is 1.92. The number of esters is 1. The lowest BCUT2D eigenvalue weighted by Crippen LogP contribution is -2.41. The van der Waals surface area contributed by atoms with Gasteiger partial charge >= 0.3 is 5.97 Å². The van der Waals surface area contributed by atoms with E-state index in [1.54, 1.807) is 6.92 Å². The van der Waals surface area contributed by atoms with Gasteiger partial charge in [0.25, 0.3) is 0 Å². The number of ether oxygens (including phenoxy) is 2. The summed E-state index contributed by atoms with van der Waals surface area (Å²) in [4.78, 5) is 11.1. The molecule has 0 saturated carbocycles. The molecule has 14 heavy (non-hydrogen) atoms. The molecule has 80 valence electrons. The Hall–Kier alpha value is -0.830. The fourth-order valence-electron chi connectivity index (χ4n) is 1.47. The Labute approximate surface area is 85.1 Å². The van der Waals surface area contributed by atoms with E-state index in [1.165, 1.54) is 7.11 Å². The van der Waals surface area contributed by atoms with Crippen molar-refractivity contribution < 1.29 is 14.3 Å². The molecule has 0 N–H and O–H groups in total. The topological polar surface area (TPSA) is 35.5 Å². The molecule has 0 unspecified atom stereocenters. The summed E-state index contributed by atoms with van der Waals surface area (Å²) in [6.07, 6.45) is 3.96. The number of carbonyl (C=O) groups excluding carboxylic acids is 1. The van der Waals surface area contributed by atoms with Crippen LogP contribution in [0.15, 0.2) is 11.6 Å². The van der Waals surface area contributed by atoms with E-state index < -0.39 is 0 Å². The van der Waals surface area contributed by atoms with Crippen molar-refractivity contribution in [1.82, 2.24) is 0 Å². The lowest BCUT2D eigenvalue weighted by atomic mass is 9.79. The quantitative estimate of drug-likeness (QED) is 0.511. The third-order valence-corrected chi connectivity index (χ3v) is 2.92. The Kier molecular flexibility index (Phi) is 3.69. The number of hydrogen-bond acceptors (Lipinski definition) is 3. The van der Waals surface area contributed by atoms with Crippen LogP contribution in [0.1, 0.15) is 26.7 Å². The molecule has 1 saturated heterocycles. The van der Waals surface area contributed by atoms with Gasteiger partial charge in [0.05, 0.1) is 20.3 Å². The number of allylic oxidation sites excluding steroid dienone is 1. The number of methoxy groups -OCH3 is 1. The van der Waals surface area contributed by atoms with Crippen molar-refractivity contribution in [1.29, 1.82) is 0 Å². The normalized spacial score (nSPS) is 20.1. The van der Waals surface area contributed by atoms with Gasteiger partial charge in [0, 0.05) is 11.0 Å². The van der Waals surface area contributed by atoms with Crippen molar-refractivity contribution in [2.24, 2.45) is 5.41 Å². The van der Waals surface area contributed by atoms with Crippen molar-refractivity contribution in [2.45, 2.75) is 26.7 Å². The molecular weight excluding hydrogens is 180 g/mol. The molecule has 0 atom stereocenters. The molecule has 1 fully saturated rings. The molecular formula is C11H18O3. The first-order valence-corrected chi connectivity index (χ1v) is 4.96. The van der Waals surface area contributed by atoms with E-state index in [0.29, 0.717) is 5.57 Å². The van der Waals surface area contributed by atoms with Crippen molar-refractivity contribution in [3.05, 3.63) is 11.6 Å². The van der Waals surface area contributed by atoms with Gasteiger partial charge in [0.1, 0.15) is 0 Å². The summed E-state index contributed by atoms with van der Waals surface area (Å²) in [7, 11) is 1.40. The lowest BCUT2D eigenvalue weighted by molar-refractivity contribution is -0.136. The minimum atomic E-state index is -0.239. The molecule has 3 heteroatoms. The highest BCUT2D eigenvalue weighted by atomic mass is 16.5. The van der Waals surface area contributed by atoms with Gasteiger partial charge in [-0.15, -0.1) is 0 Å². The molecule has 3 nitrogen and oxygen atoms in total. The molecule has 0 aliphatic carbocycles. The van der Waals surface area contributed by atoms with Crippen molar-refractivity contribution in [3.8, 4) is 0 Å². The van der Waals surface area contributed by atoms with E-state index in [9.17, 15) is 4.79 Å². The molecule has 1 aliphatic heterocycles. The zero-order valence-electron chi connectivity index (χ0n) is 9.13. The number of carbonyl (C=O) groups is 1. The van der Waals surface area contributed by atoms with Crippen LogP contribution in [-0.4, -0.2) is 26.3 Å². The highest BCUT2D eigenvalue weighted by Gasteiger charge is 2.35. The lowest BCUT2D eigenvalue weighted by Gasteiger charge is -2.40. The fourth-order valence-corrected chi connectivity index (χ4v) is 1.47. The van der Waals surface area contributed by atoms with Crippen LogP contribution in [0.4, 0.5) is 0 Å². The van der Waals surface area contributed by atoms with Gasteiger partial charge in [-0.05, 0) is 19.8 Å². The molecule has 1 aliphatic rings. The van der Waals surface area contributed by atoms with Gasteiger partial charge in [-0.25, -0.2) is 4.79 Å². The molecule has 0 aromatic heterocycles. The smallest absolute Gasteiger partial charge is 0.333 e. The van der Waals surface area contributed by atoms with Crippen LogP contribution in [0.3, 0.4) is 0 Å². The van der Waals surface area contributed by atoms with Gasteiger partial charge in [-0.3, -0.25) is 0 Å². The zero-order chi connectivity index (χ0) is 10.6. The predicted molar refractivity (Wildman–Crippen MR) is 53.9 cm³/mol. The average Bonchev–Trinajstić information content (AvgIpc) is 2.15. The first-order chi connectivity index (χ1) is 6.63. The average molecular weight is 198 g/mol. The molecule has 0 radical (unpaired) electrons. The molecule has 0 aromatic carbocycles. The molecule has 1 rings (SSSR count). The summed E-state index contributed by atoms with van der Waals surface area (Å²) in [5, 5.41) is 0. The maximum Gasteiger partial charge on any atom is 0.333 e. The van der Waals surface area contributed by atoms with Crippen LogP contribution < -0.4 is 0 Å². The van der Waals surface area contributed by atoms with Crippen molar-refractivity contribution >= 4 is 5.97 Å². The Bertz CT molecular complexity index is 233. The number of rotatable bonds is 4. The molecule has 0 spiro atoms. The van der Waals surface area contributed by atoms with Crippen LogP contribution in [0.25, 0.3) is 0 Å². The molecule has 0 bridgehead atoms. The SMILES string of the molecule is CCC1(CC=C(C)C(=O)OC)COC1. The Balaban J connectivity index is 2.48. The molecule has 1 heterocycles. The third kappa shape index (κ3) is 2.35.